The zero-order valence-electron chi connectivity index (χ0n) is 14.8. The largest absolute Gasteiger partial charge is 0.347 e. The van der Waals surface area contributed by atoms with Crippen molar-refractivity contribution in [1.82, 2.24) is 20.2 Å². The highest BCUT2D eigenvalue weighted by Gasteiger charge is 2.25. The zero-order chi connectivity index (χ0) is 18.6. The van der Waals surface area contributed by atoms with Gasteiger partial charge >= 0.3 is 0 Å². The SMILES string of the molecule is Cn1ccnc1C(NC(=O)CNC(=O)C(C)(C)C)c1ccccc1F. The minimum atomic E-state index is -0.750. The normalized spacial score (nSPS) is 12.5. The molecular formula is C18H23FN4O2. The Morgan fingerprint density at radius 2 is 1.96 bits per heavy atom. The van der Waals surface area contributed by atoms with Crippen molar-refractivity contribution in [3.63, 3.8) is 0 Å². The molecule has 1 unspecified atom stereocenters. The van der Waals surface area contributed by atoms with Gasteiger partial charge in [-0.3, -0.25) is 9.59 Å². The number of benzene rings is 1. The highest BCUT2D eigenvalue weighted by Crippen LogP contribution is 2.23. The number of carbonyl (C=O) groups is 2. The molecule has 2 amide bonds. The molecule has 1 aromatic heterocycles. The van der Waals surface area contributed by atoms with E-state index in [2.05, 4.69) is 15.6 Å². The molecule has 0 aliphatic rings. The lowest BCUT2D eigenvalue weighted by molar-refractivity contribution is -0.131. The van der Waals surface area contributed by atoms with Crippen LogP contribution in [0.15, 0.2) is 36.7 Å². The van der Waals surface area contributed by atoms with Crippen LogP contribution in [0.3, 0.4) is 0 Å². The topological polar surface area (TPSA) is 76.0 Å². The van der Waals surface area contributed by atoms with Crippen LogP contribution in [0.5, 0.6) is 0 Å². The van der Waals surface area contributed by atoms with Gasteiger partial charge in [-0.25, -0.2) is 9.37 Å². The summed E-state index contributed by atoms with van der Waals surface area (Å²) in [6.07, 6.45) is 3.30. The van der Waals surface area contributed by atoms with E-state index in [1.807, 2.05) is 0 Å². The molecule has 1 heterocycles. The monoisotopic (exact) mass is 346 g/mol. The number of nitrogens with one attached hydrogen (secondary N) is 2. The predicted molar refractivity (Wildman–Crippen MR) is 92.1 cm³/mol. The van der Waals surface area contributed by atoms with E-state index in [0.717, 1.165) is 0 Å². The number of aryl methyl sites for hydroxylation is 1. The molecule has 2 aromatic rings. The minimum Gasteiger partial charge on any atom is -0.347 e. The Hall–Kier alpha value is -2.70. The van der Waals surface area contributed by atoms with Gasteiger partial charge < -0.3 is 15.2 Å². The second-order valence-corrected chi connectivity index (χ2v) is 6.85. The second kappa shape index (κ2) is 7.46. The van der Waals surface area contributed by atoms with Crippen molar-refractivity contribution >= 4 is 11.8 Å². The van der Waals surface area contributed by atoms with Crippen molar-refractivity contribution in [1.29, 1.82) is 0 Å². The molecule has 0 bridgehead atoms. The third-order valence-corrected chi connectivity index (χ3v) is 3.73. The third-order valence-electron chi connectivity index (χ3n) is 3.73. The summed E-state index contributed by atoms with van der Waals surface area (Å²) in [6.45, 7) is 5.09. The van der Waals surface area contributed by atoms with Crippen LogP contribution in [-0.2, 0) is 16.6 Å². The third kappa shape index (κ3) is 4.65. The molecule has 25 heavy (non-hydrogen) atoms. The average molecular weight is 346 g/mol. The Kier molecular flexibility index (Phi) is 5.56. The summed E-state index contributed by atoms with van der Waals surface area (Å²) < 4.78 is 15.9. The maximum Gasteiger partial charge on any atom is 0.240 e. The van der Waals surface area contributed by atoms with E-state index < -0.39 is 23.2 Å². The maximum atomic E-state index is 14.2. The van der Waals surface area contributed by atoms with Crippen LogP contribution in [0.1, 0.15) is 38.2 Å². The molecule has 0 spiro atoms. The summed E-state index contributed by atoms with van der Waals surface area (Å²) >= 11 is 0. The molecule has 0 saturated heterocycles. The van der Waals surface area contributed by atoms with Gasteiger partial charge in [0.25, 0.3) is 0 Å². The van der Waals surface area contributed by atoms with Crippen molar-refractivity contribution in [2.45, 2.75) is 26.8 Å². The number of nitrogens with zero attached hydrogens (tertiary/aromatic N) is 2. The first-order valence-corrected chi connectivity index (χ1v) is 7.99. The van der Waals surface area contributed by atoms with E-state index in [1.165, 1.54) is 6.07 Å². The van der Waals surface area contributed by atoms with Crippen LogP contribution in [0.4, 0.5) is 4.39 Å². The average Bonchev–Trinajstić information content (AvgIpc) is 2.96. The molecule has 1 aromatic carbocycles. The van der Waals surface area contributed by atoms with Gasteiger partial charge in [0.05, 0.1) is 6.54 Å². The van der Waals surface area contributed by atoms with Gasteiger partial charge in [0.15, 0.2) is 0 Å². The molecule has 7 heteroatoms. The molecule has 0 radical (unpaired) electrons. The van der Waals surface area contributed by atoms with Crippen molar-refractivity contribution < 1.29 is 14.0 Å². The molecule has 2 N–H and O–H groups in total. The van der Waals surface area contributed by atoms with Gasteiger partial charge in [-0.1, -0.05) is 39.0 Å². The predicted octanol–water partition coefficient (Wildman–Crippen LogP) is 1.93. The van der Waals surface area contributed by atoms with Crippen molar-refractivity contribution in [2.75, 3.05) is 6.54 Å². The minimum absolute atomic E-state index is 0.189. The van der Waals surface area contributed by atoms with Crippen molar-refractivity contribution in [3.8, 4) is 0 Å². The first-order valence-electron chi connectivity index (χ1n) is 7.99. The second-order valence-electron chi connectivity index (χ2n) is 6.85. The molecule has 0 saturated carbocycles. The number of amides is 2. The van der Waals surface area contributed by atoms with Gasteiger partial charge in [0.2, 0.25) is 11.8 Å². The summed E-state index contributed by atoms with van der Waals surface area (Å²) in [4.78, 5) is 28.4. The smallest absolute Gasteiger partial charge is 0.240 e. The van der Waals surface area contributed by atoms with E-state index in [9.17, 15) is 14.0 Å². The van der Waals surface area contributed by atoms with Crippen LogP contribution in [0.2, 0.25) is 0 Å². The van der Waals surface area contributed by atoms with E-state index in [4.69, 9.17) is 0 Å². The first-order chi connectivity index (χ1) is 11.7. The number of hydrogen-bond acceptors (Lipinski definition) is 3. The molecule has 1 atom stereocenters. The van der Waals surface area contributed by atoms with Crippen LogP contribution in [0.25, 0.3) is 0 Å². The number of imidazole rings is 1. The zero-order valence-corrected chi connectivity index (χ0v) is 14.8. The van der Waals surface area contributed by atoms with Gasteiger partial charge in [0.1, 0.15) is 17.7 Å². The molecule has 2 rings (SSSR count). The van der Waals surface area contributed by atoms with Crippen LogP contribution in [0, 0.1) is 11.2 Å². The fraction of sp³-hybridized carbons (Fsp3) is 0.389. The number of halogens is 1. The summed E-state index contributed by atoms with van der Waals surface area (Å²) in [6, 6.07) is 5.46. The lowest BCUT2D eigenvalue weighted by Crippen LogP contribution is -2.43. The Labute approximate surface area is 146 Å². The lowest BCUT2D eigenvalue weighted by atomic mass is 9.96. The van der Waals surface area contributed by atoms with Gasteiger partial charge in [-0.05, 0) is 6.07 Å². The standard InChI is InChI=1S/C18H23FN4O2/c1-18(2,3)17(25)21-11-14(24)22-15(16-20-9-10-23(16)4)12-7-5-6-8-13(12)19/h5-10,15H,11H2,1-4H3,(H,21,25)(H,22,24). The molecule has 0 aliphatic carbocycles. The first kappa shape index (κ1) is 18.6. The quantitative estimate of drug-likeness (QED) is 0.868. The summed E-state index contributed by atoms with van der Waals surface area (Å²) in [5.41, 5.74) is -0.280. The van der Waals surface area contributed by atoms with E-state index in [0.29, 0.717) is 11.4 Å². The van der Waals surface area contributed by atoms with Crippen molar-refractivity contribution in [3.05, 3.63) is 53.9 Å². The number of rotatable bonds is 5. The molecular weight excluding hydrogens is 323 g/mol. The van der Waals surface area contributed by atoms with E-state index >= 15 is 0 Å². The number of carbonyl (C=O) groups excluding carboxylic acids is 2. The van der Waals surface area contributed by atoms with E-state index in [1.54, 1.807) is 63.0 Å². The van der Waals surface area contributed by atoms with Crippen molar-refractivity contribution in [2.24, 2.45) is 12.5 Å². The molecule has 0 aliphatic heterocycles. The highest BCUT2D eigenvalue weighted by atomic mass is 19.1. The van der Waals surface area contributed by atoms with E-state index in [-0.39, 0.29) is 12.5 Å². The molecule has 0 fully saturated rings. The molecule has 134 valence electrons. The summed E-state index contributed by atoms with van der Waals surface area (Å²) in [5.74, 6) is -0.592. The van der Waals surface area contributed by atoms with Crippen LogP contribution < -0.4 is 10.6 Å². The fourth-order valence-electron chi connectivity index (χ4n) is 2.28. The van der Waals surface area contributed by atoms with Crippen LogP contribution in [-0.4, -0.2) is 27.9 Å². The Balaban J connectivity index is 2.18. The number of aromatic nitrogens is 2. The summed E-state index contributed by atoms with van der Waals surface area (Å²) in [7, 11) is 1.77. The van der Waals surface area contributed by atoms with Crippen LogP contribution >= 0.6 is 0 Å². The Morgan fingerprint density at radius 1 is 1.28 bits per heavy atom. The number of hydrogen-bond donors (Lipinski definition) is 2. The maximum absolute atomic E-state index is 14.2. The van der Waals surface area contributed by atoms with Gasteiger partial charge in [-0.2, -0.15) is 0 Å². The lowest BCUT2D eigenvalue weighted by Gasteiger charge is -2.21. The van der Waals surface area contributed by atoms with Gasteiger partial charge in [0, 0.05) is 30.4 Å². The Bertz CT molecular complexity index is 764. The molecule has 6 nitrogen and oxygen atoms in total. The fourth-order valence-corrected chi connectivity index (χ4v) is 2.28. The summed E-state index contributed by atoms with van der Waals surface area (Å²) in [5, 5.41) is 5.33. The van der Waals surface area contributed by atoms with Gasteiger partial charge in [-0.15, -0.1) is 0 Å². The Morgan fingerprint density at radius 3 is 2.52 bits per heavy atom. The highest BCUT2D eigenvalue weighted by molar-refractivity contribution is 5.87.